The molecule has 2 aromatic rings. The molecule has 2 aromatic carbocycles. The Kier molecular flexibility index (Phi) is 6.43. The van der Waals surface area contributed by atoms with Crippen LogP contribution in [-0.4, -0.2) is 23.5 Å². The molecule has 1 heterocycles. The van der Waals surface area contributed by atoms with E-state index in [2.05, 4.69) is 0 Å². The quantitative estimate of drug-likeness (QED) is 0.540. The van der Waals surface area contributed by atoms with Crippen molar-refractivity contribution in [1.82, 2.24) is 0 Å². The monoisotopic (exact) mass is 438 g/mol. The van der Waals surface area contributed by atoms with Gasteiger partial charge in [0.25, 0.3) is 0 Å². The Bertz CT molecular complexity index is 1070. The summed E-state index contributed by atoms with van der Waals surface area (Å²) in [6.07, 6.45) is 0.0996. The minimum atomic E-state index is -1.05. The maximum absolute atomic E-state index is 13.5. The summed E-state index contributed by atoms with van der Waals surface area (Å²) in [4.78, 5) is 26.2. The number of ketones is 1. The lowest BCUT2D eigenvalue weighted by Gasteiger charge is -2.36. The van der Waals surface area contributed by atoms with E-state index in [1.54, 1.807) is 53.7 Å². The highest BCUT2D eigenvalue weighted by molar-refractivity contribution is 6.26. The van der Waals surface area contributed by atoms with E-state index in [1.807, 2.05) is 25.1 Å². The number of esters is 1. The van der Waals surface area contributed by atoms with Crippen molar-refractivity contribution in [3.63, 3.8) is 0 Å². The molecule has 170 valence electrons. The number of hydrogen-bond acceptors (Lipinski definition) is 4. The number of aryl methyl sites for hydroxylation is 1. The van der Waals surface area contributed by atoms with Crippen LogP contribution in [0.25, 0.3) is 16.7 Å². The van der Waals surface area contributed by atoms with Crippen LogP contribution in [0.15, 0.2) is 48.2 Å². The molecule has 5 heteroatoms. The van der Waals surface area contributed by atoms with Crippen LogP contribution in [0.4, 0.5) is 4.39 Å². The normalized spacial score (nSPS) is 18.6. The van der Waals surface area contributed by atoms with Gasteiger partial charge in [0.05, 0.1) is 11.0 Å². The van der Waals surface area contributed by atoms with Gasteiger partial charge in [-0.25, -0.2) is 4.39 Å². The van der Waals surface area contributed by atoms with Gasteiger partial charge in [0.2, 0.25) is 0 Å². The Labute approximate surface area is 189 Å². The average molecular weight is 439 g/mol. The molecule has 0 spiro atoms. The summed E-state index contributed by atoms with van der Waals surface area (Å²) >= 11 is 0. The molecule has 3 rings (SSSR count). The Morgan fingerprint density at radius 1 is 1.09 bits per heavy atom. The van der Waals surface area contributed by atoms with E-state index in [0.29, 0.717) is 12.0 Å². The molecular formula is C27H31FO4. The molecule has 0 N–H and O–H groups in total. The maximum atomic E-state index is 13.5. The van der Waals surface area contributed by atoms with E-state index in [0.717, 1.165) is 22.3 Å². The molecule has 1 aliphatic rings. The summed E-state index contributed by atoms with van der Waals surface area (Å²) < 4.78 is 25.0. The SMILES string of the molecule is CCc1cc(-c2ccc(F)cc2)ccc1C1=C(OC(=O)C(C)(C)C)C(C)OC(C)(C)C1=O. The van der Waals surface area contributed by atoms with E-state index in [1.165, 1.54) is 12.1 Å². The predicted octanol–water partition coefficient (Wildman–Crippen LogP) is 6.12. The van der Waals surface area contributed by atoms with E-state index in [-0.39, 0.29) is 17.4 Å². The van der Waals surface area contributed by atoms with Crippen LogP contribution in [-0.2, 0) is 25.5 Å². The van der Waals surface area contributed by atoms with Gasteiger partial charge in [0, 0.05) is 0 Å². The maximum Gasteiger partial charge on any atom is 0.316 e. The zero-order valence-electron chi connectivity index (χ0n) is 19.8. The number of Topliss-reactive ketones (excluding diaryl/α,β-unsaturated/α-hetero) is 1. The lowest BCUT2D eigenvalue weighted by Crippen LogP contribution is -2.45. The number of halogens is 1. The van der Waals surface area contributed by atoms with Crippen LogP contribution in [0.2, 0.25) is 0 Å². The van der Waals surface area contributed by atoms with Crippen LogP contribution in [0, 0.1) is 11.2 Å². The lowest BCUT2D eigenvalue weighted by atomic mass is 9.83. The van der Waals surface area contributed by atoms with E-state index in [4.69, 9.17) is 9.47 Å². The van der Waals surface area contributed by atoms with Gasteiger partial charge < -0.3 is 9.47 Å². The van der Waals surface area contributed by atoms with Crippen molar-refractivity contribution >= 4 is 17.3 Å². The van der Waals surface area contributed by atoms with Crippen molar-refractivity contribution in [3.05, 3.63) is 65.2 Å². The van der Waals surface area contributed by atoms with Crippen molar-refractivity contribution in [1.29, 1.82) is 0 Å². The molecule has 1 atom stereocenters. The third-order valence-electron chi connectivity index (χ3n) is 5.61. The molecule has 0 saturated heterocycles. The Morgan fingerprint density at radius 3 is 2.25 bits per heavy atom. The molecule has 1 unspecified atom stereocenters. The largest absolute Gasteiger partial charge is 0.427 e. The summed E-state index contributed by atoms with van der Waals surface area (Å²) in [5.74, 6) is -0.690. The Balaban J connectivity index is 2.18. The van der Waals surface area contributed by atoms with E-state index in [9.17, 15) is 14.0 Å². The molecule has 0 aromatic heterocycles. The van der Waals surface area contributed by atoms with Crippen LogP contribution in [0.3, 0.4) is 0 Å². The highest BCUT2D eigenvalue weighted by Gasteiger charge is 2.44. The zero-order valence-corrected chi connectivity index (χ0v) is 19.8. The first-order valence-electron chi connectivity index (χ1n) is 10.9. The summed E-state index contributed by atoms with van der Waals surface area (Å²) in [5.41, 5.74) is 2.07. The van der Waals surface area contributed by atoms with Gasteiger partial charge in [-0.15, -0.1) is 0 Å². The molecule has 0 fully saturated rings. The first kappa shape index (κ1) is 23.9. The second-order valence-corrected chi connectivity index (χ2v) is 9.71. The number of benzene rings is 2. The van der Waals surface area contributed by atoms with Gasteiger partial charge in [-0.3, -0.25) is 9.59 Å². The minimum absolute atomic E-state index is 0.225. The average Bonchev–Trinajstić information content (AvgIpc) is 2.71. The summed E-state index contributed by atoms with van der Waals surface area (Å²) in [6.45, 7) is 12.6. The number of carbonyl (C=O) groups is 2. The van der Waals surface area contributed by atoms with Gasteiger partial charge >= 0.3 is 5.97 Å². The molecule has 0 saturated carbocycles. The summed E-state index contributed by atoms with van der Waals surface area (Å²) in [7, 11) is 0. The highest BCUT2D eigenvalue weighted by Crippen LogP contribution is 2.39. The highest BCUT2D eigenvalue weighted by atomic mass is 19.1. The lowest BCUT2D eigenvalue weighted by molar-refractivity contribution is -0.157. The molecule has 0 radical (unpaired) electrons. The molecule has 0 amide bonds. The van der Waals surface area contributed by atoms with Crippen molar-refractivity contribution in [2.45, 2.75) is 66.6 Å². The molecular weight excluding hydrogens is 407 g/mol. The topological polar surface area (TPSA) is 52.6 Å². The molecule has 32 heavy (non-hydrogen) atoms. The fourth-order valence-corrected chi connectivity index (χ4v) is 3.76. The molecule has 0 bridgehead atoms. The Hall–Kier alpha value is -2.79. The van der Waals surface area contributed by atoms with Gasteiger partial charge in [0.1, 0.15) is 23.3 Å². The number of rotatable bonds is 4. The van der Waals surface area contributed by atoms with E-state index >= 15 is 0 Å². The predicted molar refractivity (Wildman–Crippen MR) is 123 cm³/mol. The molecule has 0 aliphatic carbocycles. The third kappa shape index (κ3) is 4.68. The van der Waals surface area contributed by atoms with Crippen molar-refractivity contribution in [2.24, 2.45) is 5.41 Å². The van der Waals surface area contributed by atoms with Gasteiger partial charge in [0.15, 0.2) is 5.78 Å². The molecule has 4 nitrogen and oxygen atoms in total. The van der Waals surface area contributed by atoms with Crippen molar-refractivity contribution < 1.29 is 23.5 Å². The van der Waals surface area contributed by atoms with Crippen LogP contribution >= 0.6 is 0 Å². The van der Waals surface area contributed by atoms with Gasteiger partial charge in [-0.1, -0.05) is 37.3 Å². The summed E-state index contributed by atoms with van der Waals surface area (Å²) in [5, 5.41) is 0. The second kappa shape index (κ2) is 8.62. The van der Waals surface area contributed by atoms with Gasteiger partial charge in [-0.05, 0) is 82.3 Å². The second-order valence-electron chi connectivity index (χ2n) is 9.71. The van der Waals surface area contributed by atoms with Crippen LogP contribution in [0.1, 0.15) is 59.6 Å². The number of hydrogen-bond donors (Lipinski definition) is 0. The minimum Gasteiger partial charge on any atom is -0.427 e. The van der Waals surface area contributed by atoms with Crippen molar-refractivity contribution in [2.75, 3.05) is 0 Å². The zero-order chi connectivity index (χ0) is 23.8. The number of ether oxygens (including phenoxy) is 2. The van der Waals surface area contributed by atoms with Crippen LogP contribution in [0.5, 0.6) is 0 Å². The van der Waals surface area contributed by atoms with Crippen molar-refractivity contribution in [3.8, 4) is 11.1 Å². The van der Waals surface area contributed by atoms with E-state index < -0.39 is 23.1 Å². The first-order valence-corrected chi connectivity index (χ1v) is 10.9. The first-order chi connectivity index (χ1) is 14.8. The Morgan fingerprint density at radius 2 is 1.69 bits per heavy atom. The standard InChI is InChI=1S/C27H31FO4/c1-8-17-15-19(18-9-12-20(28)13-10-18)11-14-21(17)22-23(31-25(30)26(3,4)5)16(2)32-27(6,7)24(22)29/h9-16H,8H2,1-7H3. The number of carbonyl (C=O) groups excluding carboxylic acids is 2. The van der Waals surface area contributed by atoms with Crippen LogP contribution < -0.4 is 0 Å². The molecule has 1 aliphatic heterocycles. The van der Waals surface area contributed by atoms with Gasteiger partial charge in [-0.2, -0.15) is 0 Å². The smallest absolute Gasteiger partial charge is 0.316 e. The fourth-order valence-electron chi connectivity index (χ4n) is 3.76. The summed E-state index contributed by atoms with van der Waals surface area (Å²) in [6, 6.07) is 12.1. The fraction of sp³-hybridized carbons (Fsp3) is 0.407. The third-order valence-corrected chi connectivity index (χ3v) is 5.61.